The van der Waals surface area contributed by atoms with Crippen molar-refractivity contribution in [3.63, 3.8) is 0 Å². The fourth-order valence-corrected chi connectivity index (χ4v) is 1.67. The van der Waals surface area contributed by atoms with Gasteiger partial charge in [-0.25, -0.2) is 9.18 Å². The van der Waals surface area contributed by atoms with Crippen molar-refractivity contribution >= 4 is 5.97 Å². The number of aliphatic hydroxyl groups excluding tert-OH is 1. The maximum Gasteiger partial charge on any atom is 0.342 e. The number of hydrogen-bond donors (Lipinski definition) is 3. The summed E-state index contributed by atoms with van der Waals surface area (Å²) in [5, 5.41) is 19.0. The number of aliphatic hydroxyl groups is 1. The maximum absolute atomic E-state index is 13.9. The Kier molecular flexibility index (Phi) is 5.20. The first kappa shape index (κ1) is 15.3. The van der Waals surface area contributed by atoms with E-state index in [4.69, 9.17) is 10.8 Å². The fourth-order valence-electron chi connectivity index (χ4n) is 1.67. The van der Waals surface area contributed by atoms with Crippen LogP contribution in [0.2, 0.25) is 0 Å². The number of carbonyl (C=O) groups excluding carboxylic acids is 1. The molecule has 0 fully saturated rings. The maximum atomic E-state index is 13.9. The van der Waals surface area contributed by atoms with Crippen molar-refractivity contribution in [3.05, 3.63) is 23.0 Å². The molecule has 1 heterocycles. The Morgan fingerprint density at radius 2 is 2.26 bits per heavy atom. The van der Waals surface area contributed by atoms with Gasteiger partial charge in [-0.3, -0.25) is 4.98 Å². The van der Waals surface area contributed by atoms with E-state index in [1.54, 1.807) is 6.92 Å². The second kappa shape index (κ2) is 6.44. The number of pyridine rings is 1. The van der Waals surface area contributed by atoms with Crippen LogP contribution in [-0.4, -0.2) is 33.9 Å². The minimum atomic E-state index is -2.13. The van der Waals surface area contributed by atoms with Gasteiger partial charge in [0.1, 0.15) is 5.75 Å². The molecule has 0 aliphatic carbocycles. The zero-order valence-corrected chi connectivity index (χ0v) is 10.8. The van der Waals surface area contributed by atoms with Crippen LogP contribution < -0.4 is 5.73 Å². The van der Waals surface area contributed by atoms with Crippen LogP contribution in [0.5, 0.6) is 5.75 Å². The van der Waals surface area contributed by atoms with E-state index in [1.165, 1.54) is 13.1 Å². The molecule has 0 spiro atoms. The molecule has 0 amide bonds. The van der Waals surface area contributed by atoms with Crippen molar-refractivity contribution in [2.24, 2.45) is 5.73 Å². The molecule has 1 aromatic heterocycles. The number of rotatable bonds is 5. The Morgan fingerprint density at radius 1 is 1.63 bits per heavy atom. The topological polar surface area (TPSA) is 106 Å². The van der Waals surface area contributed by atoms with Gasteiger partial charge >= 0.3 is 5.97 Å². The summed E-state index contributed by atoms with van der Waals surface area (Å²) in [6, 6.07) is -1.43. The standard InChI is InChI=1S/C12H17FN2O4/c1-3-19-12(18)9(13)10(14)8-7(5-16)4-15-6(2)11(8)17/h4,9-10,16-17H,3,5,14H2,1-2H3/t9?,10-/m0/s1. The molecule has 0 saturated carbocycles. The second-order valence-corrected chi connectivity index (χ2v) is 3.97. The molecule has 0 bridgehead atoms. The molecule has 1 aromatic rings. The average Bonchev–Trinajstić information content (AvgIpc) is 2.40. The van der Waals surface area contributed by atoms with Crippen LogP contribution in [0, 0.1) is 6.92 Å². The summed E-state index contributed by atoms with van der Waals surface area (Å²) >= 11 is 0. The number of nitrogens with two attached hydrogens (primary N) is 1. The first-order chi connectivity index (χ1) is 8.93. The number of alkyl halides is 1. The lowest BCUT2D eigenvalue weighted by Crippen LogP contribution is -2.32. The van der Waals surface area contributed by atoms with Gasteiger partial charge in [0.15, 0.2) is 0 Å². The Balaban J connectivity index is 3.14. The van der Waals surface area contributed by atoms with Gasteiger partial charge in [0.2, 0.25) is 6.17 Å². The molecule has 0 aliphatic heterocycles. The quantitative estimate of drug-likeness (QED) is 0.674. The minimum Gasteiger partial charge on any atom is -0.506 e. The highest BCUT2D eigenvalue weighted by Gasteiger charge is 2.31. The second-order valence-electron chi connectivity index (χ2n) is 3.97. The van der Waals surface area contributed by atoms with Gasteiger partial charge in [0, 0.05) is 17.3 Å². The molecule has 0 aromatic carbocycles. The molecular weight excluding hydrogens is 255 g/mol. The molecule has 0 radical (unpaired) electrons. The molecular formula is C12H17FN2O4. The first-order valence-corrected chi connectivity index (χ1v) is 5.78. The molecule has 1 unspecified atom stereocenters. The SMILES string of the molecule is CCOC(=O)C(F)[C@@H](N)c1c(CO)cnc(C)c1O. The number of carbonyl (C=O) groups is 1. The van der Waals surface area contributed by atoms with Gasteiger partial charge in [-0.05, 0) is 13.8 Å². The molecule has 0 saturated heterocycles. The molecule has 1 rings (SSSR count). The van der Waals surface area contributed by atoms with Crippen LogP contribution in [-0.2, 0) is 16.1 Å². The number of aromatic hydroxyl groups is 1. The number of nitrogens with zero attached hydrogens (tertiary/aromatic N) is 1. The highest BCUT2D eigenvalue weighted by atomic mass is 19.1. The number of halogens is 1. The van der Waals surface area contributed by atoms with Crippen LogP contribution in [0.1, 0.15) is 29.8 Å². The van der Waals surface area contributed by atoms with E-state index in [0.29, 0.717) is 0 Å². The van der Waals surface area contributed by atoms with Gasteiger partial charge in [-0.1, -0.05) is 0 Å². The lowest BCUT2D eigenvalue weighted by atomic mass is 9.97. The van der Waals surface area contributed by atoms with Crippen LogP contribution in [0.25, 0.3) is 0 Å². The summed E-state index contributed by atoms with van der Waals surface area (Å²) in [6.07, 6.45) is -0.847. The van der Waals surface area contributed by atoms with Gasteiger partial charge < -0.3 is 20.7 Å². The third kappa shape index (κ3) is 3.18. The summed E-state index contributed by atoms with van der Waals surface area (Å²) in [5.41, 5.74) is 6.01. The number of ether oxygens (including phenoxy) is 1. The van der Waals surface area contributed by atoms with Gasteiger partial charge in [0.05, 0.1) is 24.9 Å². The van der Waals surface area contributed by atoms with Crippen LogP contribution in [0.15, 0.2) is 6.20 Å². The van der Waals surface area contributed by atoms with Crippen molar-refractivity contribution in [1.82, 2.24) is 4.98 Å². The van der Waals surface area contributed by atoms with E-state index in [2.05, 4.69) is 9.72 Å². The molecule has 4 N–H and O–H groups in total. The van der Waals surface area contributed by atoms with Crippen molar-refractivity contribution < 1.29 is 24.1 Å². The number of esters is 1. The Hall–Kier alpha value is -1.73. The molecule has 0 aliphatic rings. The van der Waals surface area contributed by atoms with Crippen molar-refractivity contribution in [2.45, 2.75) is 32.7 Å². The first-order valence-electron chi connectivity index (χ1n) is 5.78. The molecule has 106 valence electrons. The Labute approximate surface area is 110 Å². The van der Waals surface area contributed by atoms with Crippen molar-refractivity contribution in [3.8, 4) is 5.75 Å². The zero-order valence-electron chi connectivity index (χ0n) is 10.8. The summed E-state index contributed by atoms with van der Waals surface area (Å²) < 4.78 is 18.4. The van der Waals surface area contributed by atoms with E-state index in [-0.39, 0.29) is 29.2 Å². The number of aromatic nitrogens is 1. The van der Waals surface area contributed by atoms with Crippen molar-refractivity contribution in [1.29, 1.82) is 0 Å². The van der Waals surface area contributed by atoms with Crippen molar-refractivity contribution in [2.75, 3.05) is 6.61 Å². The number of hydrogen-bond acceptors (Lipinski definition) is 6. The molecule has 2 atom stereocenters. The van der Waals surface area contributed by atoms with Crippen LogP contribution in [0.3, 0.4) is 0 Å². The lowest BCUT2D eigenvalue weighted by molar-refractivity contribution is -0.149. The number of aryl methyl sites for hydroxylation is 1. The largest absolute Gasteiger partial charge is 0.506 e. The van der Waals surface area contributed by atoms with E-state index in [0.717, 1.165) is 0 Å². The summed E-state index contributed by atoms with van der Waals surface area (Å²) in [4.78, 5) is 15.1. The summed E-state index contributed by atoms with van der Waals surface area (Å²) in [5.74, 6) is -1.43. The minimum absolute atomic E-state index is 0.0280. The summed E-state index contributed by atoms with van der Waals surface area (Å²) in [7, 11) is 0. The third-order valence-corrected chi connectivity index (χ3v) is 2.69. The summed E-state index contributed by atoms with van der Waals surface area (Å²) in [6.45, 7) is 2.60. The molecule has 19 heavy (non-hydrogen) atoms. The van der Waals surface area contributed by atoms with E-state index >= 15 is 0 Å². The highest BCUT2D eigenvalue weighted by Crippen LogP contribution is 2.31. The van der Waals surface area contributed by atoms with Gasteiger partial charge in [0.25, 0.3) is 0 Å². The lowest BCUT2D eigenvalue weighted by Gasteiger charge is -2.20. The monoisotopic (exact) mass is 272 g/mol. The predicted octanol–water partition coefficient (Wildman–Crippen LogP) is 0.489. The van der Waals surface area contributed by atoms with E-state index in [9.17, 15) is 14.3 Å². The average molecular weight is 272 g/mol. The van der Waals surface area contributed by atoms with Gasteiger partial charge in [-0.2, -0.15) is 0 Å². The highest BCUT2D eigenvalue weighted by molar-refractivity contribution is 5.76. The molecule has 7 heteroatoms. The normalized spacial score (nSPS) is 13.9. The Bertz CT molecular complexity index is 467. The zero-order chi connectivity index (χ0) is 14.6. The van der Waals surface area contributed by atoms with Crippen LogP contribution in [0.4, 0.5) is 4.39 Å². The Morgan fingerprint density at radius 3 is 2.79 bits per heavy atom. The fraction of sp³-hybridized carbons (Fsp3) is 0.500. The van der Waals surface area contributed by atoms with Gasteiger partial charge in [-0.15, -0.1) is 0 Å². The van der Waals surface area contributed by atoms with Crippen LogP contribution >= 0.6 is 0 Å². The molecule has 6 nitrogen and oxygen atoms in total. The van der Waals surface area contributed by atoms with E-state index in [1.807, 2.05) is 0 Å². The third-order valence-electron chi connectivity index (χ3n) is 2.69. The smallest absolute Gasteiger partial charge is 0.342 e. The van der Waals surface area contributed by atoms with E-state index < -0.39 is 24.8 Å². The predicted molar refractivity (Wildman–Crippen MR) is 65.0 cm³/mol.